The van der Waals surface area contributed by atoms with Crippen LogP contribution in [0.5, 0.6) is 0 Å². The average Bonchev–Trinajstić information content (AvgIpc) is 3.08. The zero-order chi connectivity index (χ0) is 14.5. The molecule has 0 bridgehead atoms. The highest BCUT2D eigenvalue weighted by atomic mass is 15.3. The molecule has 1 N–H and O–H groups in total. The quantitative estimate of drug-likeness (QED) is 0.893. The molecule has 0 amide bonds. The molecule has 1 aromatic rings. The number of rotatable bonds is 5. The van der Waals surface area contributed by atoms with Gasteiger partial charge in [0, 0.05) is 45.0 Å². The van der Waals surface area contributed by atoms with E-state index < -0.39 is 0 Å². The fourth-order valence-electron chi connectivity index (χ4n) is 3.47. The van der Waals surface area contributed by atoms with Crippen LogP contribution in [-0.2, 0) is 6.54 Å². The Hall–Kier alpha value is -1.20. The van der Waals surface area contributed by atoms with E-state index in [0.717, 1.165) is 43.7 Å². The van der Waals surface area contributed by atoms with Gasteiger partial charge in [-0.1, -0.05) is 19.8 Å². The van der Waals surface area contributed by atoms with Gasteiger partial charge >= 0.3 is 0 Å². The van der Waals surface area contributed by atoms with E-state index in [0.29, 0.717) is 0 Å². The monoisotopic (exact) mass is 289 g/mol. The second-order valence-corrected chi connectivity index (χ2v) is 6.11. The molecule has 1 saturated heterocycles. The van der Waals surface area contributed by atoms with Gasteiger partial charge in [-0.2, -0.15) is 0 Å². The van der Waals surface area contributed by atoms with E-state index in [2.05, 4.69) is 27.0 Å². The highest BCUT2D eigenvalue weighted by Gasteiger charge is 2.26. The highest BCUT2D eigenvalue weighted by Crippen LogP contribution is 2.25. The van der Waals surface area contributed by atoms with Gasteiger partial charge in [0.2, 0.25) is 0 Å². The van der Waals surface area contributed by atoms with Gasteiger partial charge in [-0.3, -0.25) is 9.88 Å². The summed E-state index contributed by atoms with van der Waals surface area (Å²) in [6.45, 7) is 8.38. The minimum absolute atomic E-state index is 0.805. The lowest BCUT2D eigenvalue weighted by Gasteiger charge is -2.38. The summed E-state index contributed by atoms with van der Waals surface area (Å²) in [7, 11) is 0. The van der Waals surface area contributed by atoms with Crippen molar-refractivity contribution in [3.05, 3.63) is 18.1 Å². The van der Waals surface area contributed by atoms with Gasteiger partial charge in [0.25, 0.3) is 0 Å². The molecule has 0 unspecified atom stereocenters. The third kappa shape index (κ3) is 3.71. The lowest BCUT2D eigenvalue weighted by atomic mass is 10.2. The Balaban J connectivity index is 1.56. The molecule has 2 fully saturated rings. The lowest BCUT2D eigenvalue weighted by molar-refractivity contribution is 0.187. The summed E-state index contributed by atoms with van der Waals surface area (Å²) in [6.07, 6.45) is 9.41. The van der Waals surface area contributed by atoms with Crippen LogP contribution in [0.3, 0.4) is 0 Å². The molecule has 1 aliphatic heterocycles. The van der Waals surface area contributed by atoms with Crippen LogP contribution in [0.1, 0.15) is 38.3 Å². The van der Waals surface area contributed by atoms with E-state index in [1.807, 2.05) is 12.4 Å². The minimum atomic E-state index is 0.805. The molecule has 0 aromatic carbocycles. The van der Waals surface area contributed by atoms with Gasteiger partial charge in [0.1, 0.15) is 5.82 Å². The number of piperazine rings is 1. The first-order valence-corrected chi connectivity index (χ1v) is 8.37. The molecule has 0 atom stereocenters. The molecule has 116 valence electrons. The fraction of sp³-hybridized carbons (Fsp3) is 0.750. The van der Waals surface area contributed by atoms with Crippen molar-refractivity contribution in [1.29, 1.82) is 0 Å². The normalized spacial score (nSPS) is 21.1. The van der Waals surface area contributed by atoms with Crippen molar-refractivity contribution >= 4 is 5.82 Å². The molecule has 2 heterocycles. The lowest BCUT2D eigenvalue weighted by Crippen LogP contribution is -2.50. The summed E-state index contributed by atoms with van der Waals surface area (Å²) in [5.41, 5.74) is 1.03. The fourth-order valence-corrected chi connectivity index (χ4v) is 3.47. The van der Waals surface area contributed by atoms with Crippen LogP contribution in [0.25, 0.3) is 0 Å². The standard InChI is InChI=1S/C16H27N5/c1-2-17-11-14-12-18-13-16(19-14)21-9-7-20(8-10-21)15-5-3-4-6-15/h12-13,15,17H,2-11H2,1H3. The molecular formula is C16H27N5. The van der Waals surface area contributed by atoms with E-state index >= 15 is 0 Å². The van der Waals surface area contributed by atoms with Gasteiger partial charge < -0.3 is 10.2 Å². The Morgan fingerprint density at radius 1 is 1.14 bits per heavy atom. The summed E-state index contributed by atoms with van der Waals surface area (Å²) < 4.78 is 0. The maximum atomic E-state index is 4.74. The first kappa shape index (κ1) is 14.7. The Bertz CT molecular complexity index is 436. The van der Waals surface area contributed by atoms with Crippen LogP contribution in [-0.4, -0.2) is 53.6 Å². The van der Waals surface area contributed by atoms with E-state index in [4.69, 9.17) is 4.98 Å². The van der Waals surface area contributed by atoms with Crippen LogP contribution in [0, 0.1) is 0 Å². The van der Waals surface area contributed by atoms with Gasteiger partial charge in [-0.25, -0.2) is 4.98 Å². The topological polar surface area (TPSA) is 44.3 Å². The summed E-state index contributed by atoms with van der Waals surface area (Å²) >= 11 is 0. The number of anilines is 1. The van der Waals surface area contributed by atoms with Gasteiger partial charge in [0.05, 0.1) is 11.9 Å². The molecular weight excluding hydrogens is 262 g/mol. The molecule has 3 rings (SSSR count). The van der Waals surface area contributed by atoms with Crippen LogP contribution >= 0.6 is 0 Å². The summed E-state index contributed by atoms with van der Waals surface area (Å²) in [6, 6.07) is 0.846. The number of aromatic nitrogens is 2. The third-order valence-electron chi connectivity index (χ3n) is 4.71. The van der Waals surface area contributed by atoms with Crippen molar-refractivity contribution in [3.63, 3.8) is 0 Å². The summed E-state index contributed by atoms with van der Waals surface area (Å²) in [4.78, 5) is 14.2. The van der Waals surface area contributed by atoms with E-state index in [-0.39, 0.29) is 0 Å². The molecule has 2 aliphatic rings. The Labute approximate surface area is 127 Å². The third-order valence-corrected chi connectivity index (χ3v) is 4.71. The Kier molecular flexibility index (Phi) is 5.04. The van der Waals surface area contributed by atoms with Crippen molar-refractivity contribution in [2.45, 2.75) is 45.2 Å². The van der Waals surface area contributed by atoms with Gasteiger partial charge in [-0.15, -0.1) is 0 Å². The second kappa shape index (κ2) is 7.18. The van der Waals surface area contributed by atoms with Crippen molar-refractivity contribution in [1.82, 2.24) is 20.2 Å². The van der Waals surface area contributed by atoms with Crippen LogP contribution in [0.15, 0.2) is 12.4 Å². The Morgan fingerprint density at radius 3 is 2.62 bits per heavy atom. The number of nitrogens with zero attached hydrogens (tertiary/aromatic N) is 4. The van der Waals surface area contributed by atoms with Crippen molar-refractivity contribution in [2.24, 2.45) is 0 Å². The van der Waals surface area contributed by atoms with Crippen molar-refractivity contribution in [2.75, 3.05) is 37.6 Å². The average molecular weight is 289 g/mol. The molecule has 1 saturated carbocycles. The zero-order valence-corrected chi connectivity index (χ0v) is 13.1. The van der Waals surface area contributed by atoms with Gasteiger partial charge in [0.15, 0.2) is 0 Å². The van der Waals surface area contributed by atoms with Gasteiger partial charge in [-0.05, 0) is 19.4 Å². The van der Waals surface area contributed by atoms with E-state index in [1.54, 1.807) is 0 Å². The largest absolute Gasteiger partial charge is 0.353 e. The maximum Gasteiger partial charge on any atom is 0.147 e. The SMILES string of the molecule is CCNCc1cncc(N2CCN(C3CCCC3)CC2)n1. The molecule has 5 nitrogen and oxygen atoms in total. The van der Waals surface area contributed by atoms with Crippen LogP contribution < -0.4 is 10.2 Å². The maximum absolute atomic E-state index is 4.74. The van der Waals surface area contributed by atoms with Crippen molar-refractivity contribution in [3.8, 4) is 0 Å². The predicted molar refractivity (Wildman–Crippen MR) is 85.5 cm³/mol. The minimum Gasteiger partial charge on any atom is -0.353 e. The summed E-state index contributed by atoms with van der Waals surface area (Å²) in [5.74, 6) is 1.04. The van der Waals surface area contributed by atoms with Crippen LogP contribution in [0.4, 0.5) is 5.82 Å². The predicted octanol–water partition coefficient (Wildman–Crippen LogP) is 1.65. The van der Waals surface area contributed by atoms with Crippen LogP contribution in [0.2, 0.25) is 0 Å². The summed E-state index contributed by atoms with van der Waals surface area (Å²) in [5, 5.41) is 3.31. The molecule has 0 radical (unpaired) electrons. The molecule has 0 spiro atoms. The van der Waals surface area contributed by atoms with E-state index in [1.165, 1.54) is 38.8 Å². The molecule has 5 heteroatoms. The number of hydrogen-bond donors (Lipinski definition) is 1. The molecule has 1 aliphatic carbocycles. The Morgan fingerprint density at radius 2 is 1.90 bits per heavy atom. The zero-order valence-electron chi connectivity index (χ0n) is 13.1. The van der Waals surface area contributed by atoms with Crippen molar-refractivity contribution < 1.29 is 0 Å². The number of nitrogens with one attached hydrogen (secondary N) is 1. The first-order chi connectivity index (χ1) is 10.4. The first-order valence-electron chi connectivity index (χ1n) is 8.37. The second-order valence-electron chi connectivity index (χ2n) is 6.11. The molecule has 21 heavy (non-hydrogen) atoms. The number of hydrogen-bond acceptors (Lipinski definition) is 5. The smallest absolute Gasteiger partial charge is 0.147 e. The highest BCUT2D eigenvalue weighted by molar-refractivity contribution is 5.37. The van der Waals surface area contributed by atoms with E-state index in [9.17, 15) is 0 Å². The molecule has 1 aromatic heterocycles.